The van der Waals surface area contributed by atoms with E-state index in [1.165, 1.54) is 82.4 Å². The molecule has 1 heterocycles. The molecule has 290 valence electrons. The van der Waals surface area contributed by atoms with Gasteiger partial charge in [-0.1, -0.05) is 218 Å². The third-order valence-electron chi connectivity index (χ3n) is 13.2. The second kappa shape index (κ2) is 14.4. The van der Waals surface area contributed by atoms with E-state index in [2.05, 4.69) is 225 Å². The van der Waals surface area contributed by atoms with Gasteiger partial charge in [0.1, 0.15) is 0 Å². The minimum Gasteiger partial charge on any atom is -0.228 e. The van der Waals surface area contributed by atoms with Gasteiger partial charge in [-0.15, -0.1) is 0 Å². The number of hydrogen-bond acceptors (Lipinski definition) is 2. The Bertz CT molecular complexity index is 3500. The van der Waals surface area contributed by atoms with E-state index in [9.17, 15) is 0 Å². The van der Waals surface area contributed by atoms with Crippen molar-refractivity contribution in [1.29, 1.82) is 0 Å². The zero-order valence-corrected chi connectivity index (χ0v) is 34.3. The van der Waals surface area contributed by atoms with Crippen LogP contribution in [0.2, 0.25) is 0 Å². The minimum absolute atomic E-state index is 0.379. The first-order valence-corrected chi connectivity index (χ1v) is 21.4. The molecule has 1 unspecified atom stereocenters. The van der Waals surface area contributed by atoms with Gasteiger partial charge in [-0.25, -0.2) is 9.97 Å². The summed E-state index contributed by atoms with van der Waals surface area (Å²) in [5, 5.41) is 7.49. The average Bonchev–Trinajstić information content (AvgIpc) is 3.62. The third-order valence-corrected chi connectivity index (χ3v) is 13.2. The summed E-state index contributed by atoms with van der Waals surface area (Å²) in [6.45, 7) is 2.37. The van der Waals surface area contributed by atoms with Gasteiger partial charge in [0.15, 0.2) is 5.82 Å². The summed E-state index contributed by atoms with van der Waals surface area (Å²) < 4.78 is 0. The fraction of sp³-hybridized carbons (Fsp3) is 0.0333. The Hall–Kier alpha value is -7.94. The van der Waals surface area contributed by atoms with Gasteiger partial charge >= 0.3 is 0 Å². The molecule has 0 saturated heterocycles. The van der Waals surface area contributed by atoms with Gasteiger partial charge in [0.25, 0.3) is 0 Å². The van der Waals surface area contributed by atoms with E-state index in [-0.39, 0.29) is 5.41 Å². The molecule has 11 aromatic rings. The van der Waals surface area contributed by atoms with E-state index in [0.29, 0.717) is 5.82 Å². The van der Waals surface area contributed by atoms with Crippen LogP contribution in [0.1, 0.15) is 23.6 Å². The molecule has 1 aromatic heterocycles. The summed E-state index contributed by atoms with van der Waals surface area (Å²) in [7, 11) is 0. The lowest BCUT2D eigenvalue weighted by atomic mass is 9.72. The van der Waals surface area contributed by atoms with Crippen LogP contribution in [-0.4, -0.2) is 9.97 Å². The van der Waals surface area contributed by atoms with Gasteiger partial charge in [-0.3, -0.25) is 0 Å². The predicted octanol–water partition coefficient (Wildman–Crippen LogP) is 15.6. The highest BCUT2D eigenvalue weighted by Crippen LogP contribution is 2.55. The second-order valence-electron chi connectivity index (χ2n) is 16.5. The van der Waals surface area contributed by atoms with Gasteiger partial charge < -0.3 is 0 Å². The van der Waals surface area contributed by atoms with E-state index in [1.54, 1.807) is 0 Å². The van der Waals surface area contributed by atoms with Crippen molar-refractivity contribution in [2.45, 2.75) is 12.3 Å². The molecule has 1 aliphatic rings. The van der Waals surface area contributed by atoms with E-state index < -0.39 is 0 Å². The molecule has 0 aliphatic heterocycles. The average molecular weight is 789 g/mol. The molecule has 2 nitrogen and oxygen atoms in total. The van der Waals surface area contributed by atoms with E-state index in [0.717, 1.165) is 28.1 Å². The summed E-state index contributed by atoms with van der Waals surface area (Å²) in [5.74, 6) is 0.706. The maximum Gasteiger partial charge on any atom is 0.160 e. The number of nitrogens with zero attached hydrogens (tertiary/aromatic N) is 2. The standard InChI is InChI=1S/C60H40N2/c1-60(44-23-9-4-10-24-44)52-31-16-15-26-46(52)49-29-17-30-50(58(49)60)54-38-53(61-59(62-54)43-21-7-3-8-22-43)40-32-34-42(35-33-40)55-47-27-13-14-28-48(47)56(41-19-5-2-6-20-41)57-45-25-12-11-18-39(45)36-37-51(55)57/h2-38H,1H3. The van der Waals surface area contributed by atoms with Gasteiger partial charge in [-0.2, -0.15) is 0 Å². The molecule has 2 heteroatoms. The first kappa shape index (κ1) is 36.0. The first-order chi connectivity index (χ1) is 30.6. The first-order valence-electron chi connectivity index (χ1n) is 21.4. The second-order valence-corrected chi connectivity index (χ2v) is 16.5. The number of hydrogen-bond donors (Lipinski definition) is 0. The molecule has 0 bridgehead atoms. The Balaban J connectivity index is 1.06. The maximum absolute atomic E-state index is 5.38. The summed E-state index contributed by atoms with van der Waals surface area (Å²) in [5.41, 5.74) is 15.8. The molecule has 12 rings (SSSR count). The molecule has 0 amide bonds. The zero-order chi connectivity index (χ0) is 41.2. The number of benzene rings is 10. The van der Waals surface area contributed by atoms with Gasteiger partial charge in [0.2, 0.25) is 0 Å². The molecule has 0 spiro atoms. The van der Waals surface area contributed by atoms with Crippen molar-refractivity contribution in [2.24, 2.45) is 0 Å². The quantitative estimate of drug-likeness (QED) is 0.124. The molecule has 1 aliphatic carbocycles. The van der Waals surface area contributed by atoms with E-state index in [1.807, 2.05) is 6.07 Å². The molecule has 0 radical (unpaired) electrons. The molecule has 0 fully saturated rings. The van der Waals surface area contributed by atoms with E-state index >= 15 is 0 Å². The zero-order valence-electron chi connectivity index (χ0n) is 34.3. The highest BCUT2D eigenvalue weighted by Gasteiger charge is 2.42. The van der Waals surface area contributed by atoms with Crippen molar-refractivity contribution in [3.05, 3.63) is 241 Å². The minimum atomic E-state index is -0.379. The summed E-state index contributed by atoms with van der Waals surface area (Å²) in [6.07, 6.45) is 0. The van der Waals surface area contributed by atoms with Crippen LogP contribution >= 0.6 is 0 Å². The lowest BCUT2D eigenvalue weighted by Crippen LogP contribution is -2.23. The SMILES string of the molecule is CC1(c2ccccc2)c2ccccc2-c2cccc(-c3cc(-c4ccc(-c5c6ccccc6c(-c6ccccc6)c6c5ccc5ccccc56)cc4)nc(-c4ccccc4)n3)c21. The van der Waals surface area contributed by atoms with Gasteiger partial charge in [0.05, 0.1) is 11.4 Å². The number of rotatable bonds is 6. The third kappa shape index (κ3) is 5.57. The van der Waals surface area contributed by atoms with Crippen molar-refractivity contribution >= 4 is 32.3 Å². The number of fused-ring (bicyclic) bond motifs is 7. The number of aromatic nitrogens is 2. The van der Waals surface area contributed by atoms with Crippen molar-refractivity contribution in [3.63, 3.8) is 0 Å². The predicted molar refractivity (Wildman–Crippen MR) is 259 cm³/mol. The van der Waals surface area contributed by atoms with Crippen LogP contribution in [0.5, 0.6) is 0 Å². The Labute approximate surface area is 361 Å². The monoisotopic (exact) mass is 788 g/mol. The summed E-state index contributed by atoms with van der Waals surface area (Å²) in [6, 6.07) is 81.2. The Morgan fingerprint density at radius 2 is 0.903 bits per heavy atom. The Kier molecular flexibility index (Phi) is 8.33. The molecule has 62 heavy (non-hydrogen) atoms. The van der Waals surface area contributed by atoms with Crippen molar-refractivity contribution in [2.75, 3.05) is 0 Å². The maximum atomic E-state index is 5.38. The topological polar surface area (TPSA) is 25.8 Å². The Morgan fingerprint density at radius 1 is 0.355 bits per heavy atom. The van der Waals surface area contributed by atoms with Crippen LogP contribution in [0.15, 0.2) is 224 Å². The molecular formula is C60H40N2. The van der Waals surface area contributed by atoms with Crippen LogP contribution < -0.4 is 0 Å². The lowest BCUT2D eigenvalue weighted by molar-refractivity contribution is 0.715. The van der Waals surface area contributed by atoms with Crippen LogP contribution in [-0.2, 0) is 5.41 Å². The molecule has 0 N–H and O–H groups in total. The molecule has 0 saturated carbocycles. The smallest absolute Gasteiger partial charge is 0.160 e. The largest absolute Gasteiger partial charge is 0.228 e. The van der Waals surface area contributed by atoms with Gasteiger partial charge in [-0.05, 0) is 95.4 Å². The van der Waals surface area contributed by atoms with Crippen LogP contribution in [0.4, 0.5) is 0 Å². The lowest BCUT2D eigenvalue weighted by Gasteiger charge is -2.30. The normalized spacial score (nSPS) is 14.3. The van der Waals surface area contributed by atoms with Crippen LogP contribution in [0.3, 0.4) is 0 Å². The van der Waals surface area contributed by atoms with Crippen LogP contribution in [0, 0.1) is 0 Å². The van der Waals surface area contributed by atoms with Crippen molar-refractivity contribution in [1.82, 2.24) is 9.97 Å². The van der Waals surface area contributed by atoms with Crippen LogP contribution in [0.25, 0.3) is 99.6 Å². The fourth-order valence-electron chi connectivity index (χ4n) is 10.3. The molecule has 1 atom stereocenters. The Morgan fingerprint density at radius 3 is 1.66 bits per heavy atom. The van der Waals surface area contributed by atoms with Gasteiger partial charge in [0, 0.05) is 22.1 Å². The molecule has 10 aromatic carbocycles. The van der Waals surface area contributed by atoms with Crippen molar-refractivity contribution in [3.8, 4) is 67.3 Å². The summed E-state index contributed by atoms with van der Waals surface area (Å²) in [4.78, 5) is 10.7. The van der Waals surface area contributed by atoms with Crippen molar-refractivity contribution < 1.29 is 0 Å². The fourth-order valence-corrected chi connectivity index (χ4v) is 10.3. The highest BCUT2D eigenvalue weighted by atomic mass is 14.9. The molecular weight excluding hydrogens is 749 g/mol. The van der Waals surface area contributed by atoms with E-state index in [4.69, 9.17) is 9.97 Å². The summed E-state index contributed by atoms with van der Waals surface area (Å²) >= 11 is 0. The highest BCUT2D eigenvalue weighted by molar-refractivity contribution is 6.27.